The number of ether oxygens (including phenoxy) is 1. The second-order valence-electron chi connectivity index (χ2n) is 8.91. The maximum absolute atomic E-state index is 13.6. The number of carboxylic acids is 2. The zero-order chi connectivity index (χ0) is 27.8. The van der Waals surface area contributed by atoms with E-state index in [0.717, 1.165) is 23.3 Å². The van der Waals surface area contributed by atoms with Gasteiger partial charge in [-0.05, 0) is 58.7 Å². The molecule has 0 aliphatic heterocycles. The Balaban J connectivity index is 0.00000294. The minimum atomic E-state index is -1.32. The van der Waals surface area contributed by atoms with Crippen molar-refractivity contribution in [1.82, 2.24) is 4.90 Å². The zero-order valence-corrected chi connectivity index (χ0v) is 27.0. The average molecular weight is 572 g/mol. The van der Waals surface area contributed by atoms with E-state index in [1.165, 1.54) is 0 Å². The Hall–Kier alpha value is -2.95. The molecular weight excluding hydrogens is 544 g/mol. The minimum absolute atomic E-state index is 0. The SMILES string of the molecule is O=C(O)c1cc(CC(=O)N(Cc2ccccc2)Cc2ccc(Oc3ccccc3)cc2)c(C(=O)O)cc1CO.[Na].[Na]. The first-order valence-electron chi connectivity index (χ1n) is 12.2. The van der Waals surface area contributed by atoms with Crippen LogP contribution in [0.25, 0.3) is 0 Å². The van der Waals surface area contributed by atoms with Gasteiger partial charge in [-0.3, -0.25) is 4.79 Å². The molecular formula is C31H27NNa2O7. The summed E-state index contributed by atoms with van der Waals surface area (Å²) in [6, 6.07) is 28.3. The molecule has 200 valence electrons. The van der Waals surface area contributed by atoms with Crippen molar-refractivity contribution in [2.45, 2.75) is 26.1 Å². The van der Waals surface area contributed by atoms with Crippen molar-refractivity contribution in [3.63, 3.8) is 0 Å². The van der Waals surface area contributed by atoms with E-state index in [2.05, 4.69) is 0 Å². The van der Waals surface area contributed by atoms with E-state index in [4.69, 9.17) is 4.74 Å². The predicted molar refractivity (Wildman–Crippen MR) is 155 cm³/mol. The third-order valence-corrected chi connectivity index (χ3v) is 6.15. The first-order chi connectivity index (χ1) is 18.8. The third-order valence-electron chi connectivity index (χ3n) is 6.15. The Morgan fingerprint density at radius 2 is 1.10 bits per heavy atom. The number of benzene rings is 4. The van der Waals surface area contributed by atoms with Crippen molar-refractivity contribution in [2.24, 2.45) is 0 Å². The molecule has 41 heavy (non-hydrogen) atoms. The summed E-state index contributed by atoms with van der Waals surface area (Å²) >= 11 is 0. The summed E-state index contributed by atoms with van der Waals surface area (Å²) in [4.78, 5) is 38.7. The Morgan fingerprint density at radius 3 is 1.63 bits per heavy atom. The molecule has 1 amide bonds. The fourth-order valence-electron chi connectivity index (χ4n) is 4.18. The van der Waals surface area contributed by atoms with Gasteiger partial charge in [0.25, 0.3) is 0 Å². The van der Waals surface area contributed by atoms with Crippen molar-refractivity contribution in [1.29, 1.82) is 0 Å². The minimum Gasteiger partial charge on any atom is -0.478 e. The number of aliphatic hydroxyl groups excluding tert-OH is 1. The molecule has 3 N–H and O–H groups in total. The summed E-state index contributed by atoms with van der Waals surface area (Å²) in [6.07, 6.45) is -0.324. The van der Waals surface area contributed by atoms with E-state index in [1.807, 2.05) is 84.9 Å². The van der Waals surface area contributed by atoms with Crippen LogP contribution in [0.1, 0.15) is 43.0 Å². The fraction of sp³-hybridized carbons (Fsp3) is 0.129. The molecule has 4 aromatic rings. The second kappa shape index (κ2) is 16.5. The first kappa shape index (κ1) is 34.3. The molecule has 0 aliphatic rings. The van der Waals surface area contributed by atoms with Gasteiger partial charge in [-0.15, -0.1) is 0 Å². The molecule has 0 aromatic heterocycles. The standard InChI is InChI=1S/C31H27NO7.2Na/c33-20-24-16-27(30(35)36)23(15-28(24)31(37)38)17-29(34)32(18-21-7-3-1-4-8-21)19-22-11-13-26(14-12-22)39-25-9-5-2-6-10-25;;/h1-16,33H,17-20H2,(H,35,36)(H,37,38);;. The van der Waals surface area contributed by atoms with Crippen molar-refractivity contribution >= 4 is 77.0 Å². The summed E-state index contributed by atoms with van der Waals surface area (Å²) in [5.74, 6) is -1.66. The molecule has 0 bridgehead atoms. The molecule has 4 aromatic carbocycles. The molecule has 0 heterocycles. The average Bonchev–Trinajstić information content (AvgIpc) is 2.94. The maximum atomic E-state index is 13.6. The Kier molecular flexibility index (Phi) is 13.8. The number of para-hydroxylation sites is 1. The van der Waals surface area contributed by atoms with E-state index in [9.17, 15) is 29.7 Å². The molecule has 0 saturated carbocycles. The number of hydrogen-bond donors (Lipinski definition) is 3. The molecule has 2 radical (unpaired) electrons. The number of carbonyl (C=O) groups is 3. The van der Waals surface area contributed by atoms with Gasteiger partial charge in [0.1, 0.15) is 11.5 Å². The van der Waals surface area contributed by atoms with Crippen LogP contribution in [-0.4, -0.2) is 97.2 Å². The van der Waals surface area contributed by atoms with Gasteiger partial charge in [0.2, 0.25) is 5.91 Å². The molecule has 0 saturated heterocycles. The Labute approximate surface area is 282 Å². The van der Waals surface area contributed by atoms with Crippen LogP contribution in [0.2, 0.25) is 0 Å². The largest absolute Gasteiger partial charge is 0.478 e. The topological polar surface area (TPSA) is 124 Å². The number of carbonyl (C=O) groups excluding carboxylic acids is 1. The molecule has 8 nitrogen and oxygen atoms in total. The Morgan fingerprint density at radius 1 is 0.634 bits per heavy atom. The van der Waals surface area contributed by atoms with E-state index in [0.29, 0.717) is 11.5 Å². The molecule has 0 unspecified atom stereocenters. The summed E-state index contributed by atoms with van der Waals surface area (Å²) in [5, 5.41) is 28.8. The van der Waals surface area contributed by atoms with Crippen LogP contribution >= 0.6 is 0 Å². The van der Waals surface area contributed by atoms with Crippen LogP contribution in [-0.2, 0) is 30.9 Å². The van der Waals surface area contributed by atoms with Gasteiger partial charge in [0.05, 0.1) is 24.2 Å². The monoisotopic (exact) mass is 571 g/mol. The van der Waals surface area contributed by atoms with Crippen LogP contribution in [0.5, 0.6) is 11.5 Å². The molecule has 10 heteroatoms. The van der Waals surface area contributed by atoms with E-state index < -0.39 is 18.5 Å². The zero-order valence-electron chi connectivity index (χ0n) is 23.0. The predicted octanol–water partition coefficient (Wildman–Crippen LogP) is 4.38. The van der Waals surface area contributed by atoms with Gasteiger partial charge in [-0.1, -0.05) is 60.7 Å². The van der Waals surface area contributed by atoms with Crippen LogP contribution in [0, 0.1) is 0 Å². The van der Waals surface area contributed by atoms with Gasteiger partial charge in [-0.25, -0.2) is 9.59 Å². The smallest absolute Gasteiger partial charge is 0.336 e. The third kappa shape index (κ3) is 9.55. The van der Waals surface area contributed by atoms with Crippen LogP contribution in [0.4, 0.5) is 0 Å². The number of carboxylic acid groups (broad SMARTS) is 2. The van der Waals surface area contributed by atoms with E-state index in [-0.39, 0.29) is 107 Å². The van der Waals surface area contributed by atoms with Gasteiger partial charge in [0.15, 0.2) is 0 Å². The van der Waals surface area contributed by atoms with Gasteiger partial charge >= 0.3 is 11.9 Å². The number of hydrogen-bond acceptors (Lipinski definition) is 5. The quantitative estimate of drug-likeness (QED) is 0.228. The van der Waals surface area contributed by atoms with E-state index >= 15 is 0 Å². The summed E-state index contributed by atoms with van der Waals surface area (Å²) in [7, 11) is 0. The molecule has 4 rings (SSSR count). The number of aliphatic hydroxyl groups is 1. The second-order valence-corrected chi connectivity index (χ2v) is 8.91. The molecule has 0 fully saturated rings. The summed E-state index contributed by atoms with van der Waals surface area (Å²) < 4.78 is 5.84. The molecule has 0 atom stereocenters. The number of rotatable bonds is 11. The molecule has 0 aliphatic carbocycles. The summed E-state index contributed by atoms with van der Waals surface area (Å²) in [5.41, 5.74) is 1.28. The van der Waals surface area contributed by atoms with Gasteiger partial charge in [-0.2, -0.15) is 0 Å². The molecule has 0 spiro atoms. The van der Waals surface area contributed by atoms with Crippen molar-refractivity contribution in [3.8, 4) is 11.5 Å². The van der Waals surface area contributed by atoms with Gasteiger partial charge < -0.3 is 25.0 Å². The van der Waals surface area contributed by atoms with Crippen molar-refractivity contribution in [2.75, 3.05) is 0 Å². The van der Waals surface area contributed by atoms with Crippen LogP contribution in [0.15, 0.2) is 97.1 Å². The number of aromatic carboxylic acids is 2. The normalized spacial score (nSPS) is 10.1. The Bertz CT molecular complexity index is 1460. The van der Waals surface area contributed by atoms with Gasteiger partial charge in [0, 0.05) is 72.2 Å². The van der Waals surface area contributed by atoms with E-state index in [1.54, 1.807) is 4.90 Å². The van der Waals surface area contributed by atoms with Crippen molar-refractivity contribution in [3.05, 3.63) is 130 Å². The number of amides is 1. The summed E-state index contributed by atoms with van der Waals surface area (Å²) in [6.45, 7) is -0.132. The van der Waals surface area contributed by atoms with Crippen LogP contribution in [0.3, 0.4) is 0 Å². The maximum Gasteiger partial charge on any atom is 0.336 e. The fourth-order valence-corrected chi connectivity index (χ4v) is 4.18. The van der Waals surface area contributed by atoms with Crippen molar-refractivity contribution < 1.29 is 34.4 Å². The number of nitrogens with zero attached hydrogens (tertiary/aromatic N) is 1. The first-order valence-corrected chi connectivity index (χ1v) is 12.2. The van der Waals surface area contributed by atoms with Crippen LogP contribution < -0.4 is 4.74 Å².